The topological polar surface area (TPSA) is 60.0 Å². The van der Waals surface area contributed by atoms with Gasteiger partial charge in [0.05, 0.1) is 48.4 Å². The van der Waals surface area contributed by atoms with Gasteiger partial charge < -0.3 is 24.4 Å². The van der Waals surface area contributed by atoms with Gasteiger partial charge in [0.15, 0.2) is 0 Å². The molecule has 162 valence electrons. The quantitative estimate of drug-likeness (QED) is 0.574. The van der Waals surface area contributed by atoms with Crippen LogP contribution < -0.4 is 19.7 Å². The maximum Gasteiger partial charge on any atom is 0.257 e. The summed E-state index contributed by atoms with van der Waals surface area (Å²) in [7, 11) is 0. The highest BCUT2D eigenvalue weighted by Gasteiger charge is 2.21. The summed E-state index contributed by atoms with van der Waals surface area (Å²) < 4.78 is 17.2. The molecule has 0 unspecified atom stereocenters. The molecule has 0 aromatic heterocycles. The third kappa shape index (κ3) is 5.33. The number of carbonyl (C=O) groups is 1. The normalized spacial score (nSPS) is 13.8. The van der Waals surface area contributed by atoms with Gasteiger partial charge in [0.25, 0.3) is 5.91 Å². The zero-order valence-electron chi connectivity index (χ0n) is 17.5. The highest BCUT2D eigenvalue weighted by molar-refractivity contribution is 7.98. The first kappa shape index (κ1) is 22.6. The van der Waals surface area contributed by atoms with Crippen molar-refractivity contribution in [3.05, 3.63) is 40.9 Å². The van der Waals surface area contributed by atoms with E-state index in [0.717, 1.165) is 23.7 Å². The number of nitrogens with zero attached hydrogens (tertiary/aromatic N) is 1. The number of hydrogen-bond donors (Lipinski definition) is 1. The Balaban J connectivity index is 1.96. The van der Waals surface area contributed by atoms with Crippen LogP contribution in [0.5, 0.6) is 11.5 Å². The third-order valence-corrected chi connectivity index (χ3v) is 5.73. The number of hydrogen-bond acceptors (Lipinski definition) is 6. The molecule has 0 aliphatic carbocycles. The fourth-order valence-electron chi connectivity index (χ4n) is 3.24. The molecular formula is C22H27ClN2O4S. The monoisotopic (exact) mass is 450 g/mol. The van der Waals surface area contributed by atoms with Crippen molar-refractivity contribution < 1.29 is 19.0 Å². The molecule has 8 heteroatoms. The Bertz CT molecular complexity index is 888. The first-order valence-electron chi connectivity index (χ1n) is 9.98. The minimum Gasteiger partial charge on any atom is -0.492 e. The van der Waals surface area contributed by atoms with Crippen molar-refractivity contribution in [2.45, 2.75) is 18.7 Å². The van der Waals surface area contributed by atoms with Gasteiger partial charge in [-0.1, -0.05) is 11.6 Å². The number of nitrogens with one attached hydrogen (secondary N) is 1. The number of morpholine rings is 1. The Morgan fingerprint density at radius 1 is 1.13 bits per heavy atom. The van der Waals surface area contributed by atoms with Crippen molar-refractivity contribution in [3.8, 4) is 11.5 Å². The van der Waals surface area contributed by atoms with E-state index in [1.54, 1.807) is 23.9 Å². The van der Waals surface area contributed by atoms with Crippen LogP contribution in [0.15, 0.2) is 35.2 Å². The summed E-state index contributed by atoms with van der Waals surface area (Å²) in [6.45, 7) is 7.71. The van der Waals surface area contributed by atoms with Gasteiger partial charge in [-0.05, 0) is 38.3 Å². The van der Waals surface area contributed by atoms with E-state index in [0.29, 0.717) is 54.2 Å². The van der Waals surface area contributed by atoms with Crippen molar-refractivity contribution in [1.82, 2.24) is 0 Å². The molecule has 1 fully saturated rings. The highest BCUT2D eigenvalue weighted by Crippen LogP contribution is 2.39. The van der Waals surface area contributed by atoms with E-state index in [4.69, 9.17) is 25.8 Å². The van der Waals surface area contributed by atoms with Crippen molar-refractivity contribution in [1.29, 1.82) is 0 Å². The molecule has 1 heterocycles. The summed E-state index contributed by atoms with van der Waals surface area (Å²) in [6.07, 6.45) is 1.96. The lowest BCUT2D eigenvalue weighted by molar-refractivity contribution is 0.102. The number of carbonyl (C=O) groups excluding carboxylic acids is 1. The predicted octanol–water partition coefficient (Wildman–Crippen LogP) is 4.95. The Kier molecular flexibility index (Phi) is 8.13. The molecule has 30 heavy (non-hydrogen) atoms. The zero-order valence-corrected chi connectivity index (χ0v) is 19.1. The zero-order chi connectivity index (χ0) is 21.5. The van der Waals surface area contributed by atoms with Crippen molar-refractivity contribution in [2.24, 2.45) is 0 Å². The molecule has 2 aromatic rings. The lowest BCUT2D eigenvalue weighted by atomic mass is 10.1. The van der Waals surface area contributed by atoms with Crippen LogP contribution in [0.1, 0.15) is 24.2 Å². The first-order valence-corrected chi connectivity index (χ1v) is 11.6. The van der Waals surface area contributed by atoms with E-state index in [-0.39, 0.29) is 5.91 Å². The molecule has 1 amide bonds. The van der Waals surface area contributed by atoms with Gasteiger partial charge in [0, 0.05) is 30.1 Å². The van der Waals surface area contributed by atoms with E-state index in [1.165, 1.54) is 0 Å². The fraction of sp³-hybridized carbons (Fsp3) is 0.409. The minimum atomic E-state index is -0.293. The average molecular weight is 451 g/mol. The Labute approximate surface area is 186 Å². The first-order chi connectivity index (χ1) is 14.6. The van der Waals surface area contributed by atoms with Gasteiger partial charge in [0.2, 0.25) is 0 Å². The second-order valence-electron chi connectivity index (χ2n) is 6.58. The van der Waals surface area contributed by atoms with E-state index in [2.05, 4.69) is 10.2 Å². The van der Waals surface area contributed by atoms with E-state index in [1.807, 2.05) is 38.3 Å². The van der Waals surface area contributed by atoms with E-state index < -0.39 is 0 Å². The summed E-state index contributed by atoms with van der Waals surface area (Å²) in [5.41, 5.74) is 1.90. The Hall–Kier alpha value is -2.09. The molecule has 0 saturated carbocycles. The van der Waals surface area contributed by atoms with Crippen LogP contribution in [0.3, 0.4) is 0 Å². The average Bonchev–Trinajstić information content (AvgIpc) is 2.76. The van der Waals surface area contributed by atoms with Crippen LogP contribution in [-0.2, 0) is 4.74 Å². The van der Waals surface area contributed by atoms with Gasteiger partial charge in [-0.3, -0.25) is 4.79 Å². The maximum absolute atomic E-state index is 13.0. The maximum atomic E-state index is 13.0. The summed E-state index contributed by atoms with van der Waals surface area (Å²) in [5, 5.41) is 3.35. The summed E-state index contributed by atoms with van der Waals surface area (Å²) in [5.74, 6) is 0.994. The number of halogens is 1. The molecule has 6 nitrogen and oxygen atoms in total. The molecule has 1 aliphatic heterocycles. The van der Waals surface area contributed by atoms with Crippen LogP contribution >= 0.6 is 23.4 Å². The second-order valence-corrected chi connectivity index (χ2v) is 7.87. The lowest BCUT2D eigenvalue weighted by Gasteiger charge is -2.31. The van der Waals surface area contributed by atoms with Gasteiger partial charge >= 0.3 is 0 Å². The molecule has 0 bridgehead atoms. The molecule has 0 atom stereocenters. The number of thioether (sulfide) groups is 1. The molecule has 3 rings (SSSR count). The molecule has 1 saturated heterocycles. The Morgan fingerprint density at radius 3 is 2.50 bits per heavy atom. The van der Waals surface area contributed by atoms with Crippen molar-refractivity contribution >= 4 is 40.6 Å². The van der Waals surface area contributed by atoms with E-state index >= 15 is 0 Å². The largest absolute Gasteiger partial charge is 0.492 e. The number of benzene rings is 2. The van der Waals surface area contributed by atoms with Gasteiger partial charge in [0.1, 0.15) is 11.5 Å². The molecule has 1 N–H and O–H groups in total. The number of rotatable bonds is 8. The predicted molar refractivity (Wildman–Crippen MR) is 123 cm³/mol. The van der Waals surface area contributed by atoms with Gasteiger partial charge in [-0.2, -0.15) is 0 Å². The third-order valence-electron chi connectivity index (χ3n) is 4.68. The number of anilines is 2. The van der Waals surface area contributed by atoms with Crippen LogP contribution in [0, 0.1) is 0 Å². The smallest absolute Gasteiger partial charge is 0.257 e. The van der Waals surface area contributed by atoms with Gasteiger partial charge in [-0.15, -0.1) is 11.8 Å². The fourth-order valence-corrected chi connectivity index (χ4v) is 3.88. The lowest BCUT2D eigenvalue weighted by Crippen LogP contribution is -2.36. The van der Waals surface area contributed by atoms with Crippen LogP contribution in [-0.4, -0.2) is 51.7 Å². The number of amides is 1. The van der Waals surface area contributed by atoms with Crippen LogP contribution in [0.25, 0.3) is 0 Å². The van der Waals surface area contributed by atoms with E-state index in [9.17, 15) is 4.79 Å². The number of ether oxygens (including phenoxy) is 3. The molecule has 0 radical (unpaired) electrons. The molecule has 0 spiro atoms. The van der Waals surface area contributed by atoms with Crippen molar-refractivity contribution in [2.75, 3.05) is 56.0 Å². The van der Waals surface area contributed by atoms with Crippen LogP contribution in [0.2, 0.25) is 5.02 Å². The summed E-state index contributed by atoms with van der Waals surface area (Å²) >= 11 is 7.83. The Morgan fingerprint density at radius 2 is 1.83 bits per heavy atom. The summed E-state index contributed by atoms with van der Waals surface area (Å²) in [6, 6.07) is 9.16. The van der Waals surface area contributed by atoms with Crippen molar-refractivity contribution in [3.63, 3.8) is 0 Å². The standard InChI is InChI=1S/C22H27ClN2O4S/c1-4-28-20-14-19(25-8-10-27-11-9-25)21(29-5-2)13-18(20)24-22(26)16-12-15(30-3)6-7-17(16)23/h6-7,12-14H,4-5,8-11H2,1-3H3,(H,24,26). The molecular weight excluding hydrogens is 424 g/mol. The summed E-state index contributed by atoms with van der Waals surface area (Å²) in [4.78, 5) is 16.2. The van der Waals surface area contributed by atoms with Gasteiger partial charge in [-0.25, -0.2) is 0 Å². The highest BCUT2D eigenvalue weighted by atomic mass is 35.5. The minimum absolute atomic E-state index is 0.293. The molecule has 1 aliphatic rings. The SMILES string of the molecule is CCOc1cc(N2CCOCC2)c(OCC)cc1NC(=O)c1cc(SC)ccc1Cl. The molecule has 2 aromatic carbocycles. The second kappa shape index (κ2) is 10.8. The van der Waals surface area contributed by atoms with Crippen LogP contribution in [0.4, 0.5) is 11.4 Å².